The highest BCUT2D eigenvalue weighted by atomic mass is 35.5. The van der Waals surface area contributed by atoms with Gasteiger partial charge >= 0.3 is 5.97 Å². The maximum absolute atomic E-state index is 13.1. The van der Waals surface area contributed by atoms with Crippen molar-refractivity contribution in [1.82, 2.24) is 5.32 Å². The lowest BCUT2D eigenvalue weighted by Gasteiger charge is -2.50. The van der Waals surface area contributed by atoms with Crippen molar-refractivity contribution in [3.63, 3.8) is 0 Å². The molecule has 3 rings (SSSR count). The lowest BCUT2D eigenvalue weighted by molar-refractivity contribution is -0.160. The first-order valence-electron chi connectivity index (χ1n) is 9.58. The van der Waals surface area contributed by atoms with Gasteiger partial charge in [-0.3, -0.25) is 9.59 Å². The van der Waals surface area contributed by atoms with E-state index in [1.165, 1.54) is 7.11 Å². The molecule has 1 heterocycles. The Labute approximate surface area is 181 Å². The zero-order chi connectivity index (χ0) is 21.0. The number of hydrogen-bond acceptors (Lipinski definition) is 3. The second-order valence-corrected chi connectivity index (χ2v) is 9.84. The number of carbonyl (C=O) groups excluding carboxylic acids is 2. The average molecular weight is 447 g/mol. The number of esters is 1. The third-order valence-electron chi connectivity index (χ3n) is 6.78. The maximum atomic E-state index is 13.1. The molecule has 154 valence electrons. The van der Waals surface area contributed by atoms with Crippen molar-refractivity contribution in [3.8, 4) is 0 Å². The standard InChI is InChI=1S/C21H26Cl3NO3/c1-10(2)12-15(22)13-14(17(24)16(12)23)20(3)7-6-8-21(4,19(27)28-5)11(20)9-25-18(13)26/h10-11H,6-9H2,1-5H3,(H,25,26)/t11?,20-,21+/m0/s1. The summed E-state index contributed by atoms with van der Waals surface area (Å²) in [5.74, 6) is -0.730. The van der Waals surface area contributed by atoms with Crippen molar-refractivity contribution in [2.45, 2.75) is 58.3 Å². The minimum Gasteiger partial charge on any atom is -0.469 e. The van der Waals surface area contributed by atoms with Crippen LogP contribution in [0.1, 0.15) is 74.4 Å². The molecule has 1 aliphatic carbocycles. The summed E-state index contributed by atoms with van der Waals surface area (Å²) >= 11 is 20.2. The molecule has 0 radical (unpaired) electrons. The zero-order valence-electron chi connectivity index (χ0n) is 16.8. The topological polar surface area (TPSA) is 55.4 Å². The third kappa shape index (κ3) is 2.95. The molecule has 1 saturated carbocycles. The second kappa shape index (κ2) is 7.37. The first-order chi connectivity index (χ1) is 13.0. The van der Waals surface area contributed by atoms with Crippen LogP contribution in [0.2, 0.25) is 15.1 Å². The van der Waals surface area contributed by atoms with Gasteiger partial charge in [0.15, 0.2) is 0 Å². The number of benzene rings is 1. The number of halogens is 3. The predicted octanol–water partition coefficient (Wildman–Crippen LogP) is 5.75. The predicted molar refractivity (Wildman–Crippen MR) is 113 cm³/mol. The van der Waals surface area contributed by atoms with Gasteiger partial charge in [0.2, 0.25) is 0 Å². The molecule has 2 aliphatic rings. The number of carbonyl (C=O) groups is 2. The zero-order valence-corrected chi connectivity index (χ0v) is 19.1. The van der Waals surface area contributed by atoms with E-state index in [0.29, 0.717) is 44.7 Å². The Kier molecular flexibility index (Phi) is 5.72. The highest BCUT2D eigenvalue weighted by Gasteiger charge is 2.57. The Morgan fingerprint density at radius 1 is 1.14 bits per heavy atom. The fraction of sp³-hybridized carbons (Fsp3) is 0.619. The quantitative estimate of drug-likeness (QED) is 0.465. The number of nitrogens with one attached hydrogen (secondary N) is 1. The third-order valence-corrected chi connectivity index (χ3v) is 8.04. The summed E-state index contributed by atoms with van der Waals surface area (Å²) < 4.78 is 5.13. The Balaban J connectivity index is 2.35. The van der Waals surface area contributed by atoms with Crippen LogP contribution in [-0.2, 0) is 14.9 Å². The monoisotopic (exact) mass is 445 g/mol. The SMILES string of the molecule is COC(=O)[C@]1(C)CCC[C@]2(C)c3c(Cl)c(Cl)c(C(C)C)c(Cl)c3C(=O)NCC12. The largest absolute Gasteiger partial charge is 0.469 e. The molecule has 0 saturated heterocycles. The second-order valence-electron chi connectivity index (χ2n) is 8.70. The summed E-state index contributed by atoms with van der Waals surface area (Å²) in [5, 5.41) is 4.08. The first kappa shape index (κ1) is 21.7. The lowest BCUT2D eigenvalue weighted by Crippen LogP contribution is -2.53. The molecule has 0 spiro atoms. The van der Waals surface area contributed by atoms with Crippen molar-refractivity contribution in [3.05, 3.63) is 31.8 Å². The average Bonchev–Trinajstić information content (AvgIpc) is 2.74. The van der Waals surface area contributed by atoms with E-state index in [0.717, 1.165) is 12.8 Å². The van der Waals surface area contributed by atoms with Gasteiger partial charge in [-0.25, -0.2) is 0 Å². The number of hydrogen-bond donors (Lipinski definition) is 1. The van der Waals surface area contributed by atoms with E-state index in [1.807, 2.05) is 20.8 Å². The maximum Gasteiger partial charge on any atom is 0.311 e. The number of ether oxygens (including phenoxy) is 1. The van der Waals surface area contributed by atoms with Crippen molar-refractivity contribution in [2.24, 2.45) is 11.3 Å². The van der Waals surface area contributed by atoms with Gasteiger partial charge in [0.05, 0.1) is 33.2 Å². The molecule has 1 aromatic carbocycles. The summed E-state index contributed by atoms with van der Waals surface area (Å²) in [6.45, 7) is 8.24. The van der Waals surface area contributed by atoms with Crippen LogP contribution in [0.3, 0.4) is 0 Å². The molecule has 4 nitrogen and oxygen atoms in total. The Hall–Kier alpha value is -0.970. The van der Waals surface area contributed by atoms with Crippen LogP contribution >= 0.6 is 34.8 Å². The Morgan fingerprint density at radius 2 is 1.79 bits per heavy atom. The summed E-state index contributed by atoms with van der Waals surface area (Å²) in [5.41, 5.74) is 0.434. The van der Waals surface area contributed by atoms with Gasteiger partial charge in [0, 0.05) is 17.9 Å². The van der Waals surface area contributed by atoms with Gasteiger partial charge in [0.1, 0.15) is 0 Å². The van der Waals surface area contributed by atoms with Crippen LogP contribution in [0, 0.1) is 11.3 Å². The van der Waals surface area contributed by atoms with Gasteiger partial charge in [-0.1, -0.05) is 62.0 Å². The molecular weight excluding hydrogens is 421 g/mol. The Morgan fingerprint density at radius 3 is 2.36 bits per heavy atom. The van der Waals surface area contributed by atoms with Crippen molar-refractivity contribution < 1.29 is 14.3 Å². The summed E-state index contributed by atoms with van der Waals surface area (Å²) in [6, 6.07) is 0. The van der Waals surface area contributed by atoms with E-state index in [9.17, 15) is 9.59 Å². The number of amides is 1. The fourth-order valence-electron chi connectivity index (χ4n) is 5.32. The summed E-state index contributed by atoms with van der Waals surface area (Å²) in [4.78, 5) is 25.8. The van der Waals surface area contributed by atoms with Gasteiger partial charge < -0.3 is 10.1 Å². The van der Waals surface area contributed by atoms with Gasteiger partial charge in [-0.2, -0.15) is 0 Å². The molecule has 1 aliphatic heterocycles. The molecule has 1 unspecified atom stereocenters. The van der Waals surface area contributed by atoms with Crippen LogP contribution in [0.25, 0.3) is 0 Å². The normalized spacial score (nSPS) is 29.6. The molecule has 0 bridgehead atoms. The summed E-state index contributed by atoms with van der Waals surface area (Å²) in [6.07, 6.45) is 2.28. The highest BCUT2D eigenvalue weighted by Crippen LogP contribution is 2.58. The van der Waals surface area contributed by atoms with Crippen molar-refractivity contribution in [2.75, 3.05) is 13.7 Å². The van der Waals surface area contributed by atoms with Crippen LogP contribution in [0.4, 0.5) is 0 Å². The number of rotatable bonds is 2. The molecule has 1 aromatic rings. The first-order valence-corrected chi connectivity index (χ1v) is 10.7. The van der Waals surface area contributed by atoms with E-state index in [-0.39, 0.29) is 23.7 Å². The number of methoxy groups -OCH3 is 1. The number of fused-ring (bicyclic) bond motifs is 3. The van der Waals surface area contributed by atoms with Crippen LogP contribution in [0.5, 0.6) is 0 Å². The molecule has 28 heavy (non-hydrogen) atoms. The molecule has 7 heteroatoms. The van der Waals surface area contributed by atoms with E-state index in [2.05, 4.69) is 12.2 Å². The highest BCUT2D eigenvalue weighted by molar-refractivity contribution is 6.46. The lowest BCUT2D eigenvalue weighted by atomic mass is 9.53. The van der Waals surface area contributed by atoms with E-state index < -0.39 is 10.8 Å². The molecular formula is C21H26Cl3NO3. The summed E-state index contributed by atoms with van der Waals surface area (Å²) in [7, 11) is 1.40. The van der Waals surface area contributed by atoms with Crippen LogP contribution in [0.15, 0.2) is 0 Å². The smallest absolute Gasteiger partial charge is 0.311 e. The minimum atomic E-state index is -0.740. The van der Waals surface area contributed by atoms with Gasteiger partial charge in [-0.05, 0) is 36.8 Å². The van der Waals surface area contributed by atoms with E-state index in [4.69, 9.17) is 39.5 Å². The van der Waals surface area contributed by atoms with Crippen molar-refractivity contribution in [1.29, 1.82) is 0 Å². The van der Waals surface area contributed by atoms with Crippen molar-refractivity contribution >= 4 is 46.7 Å². The molecule has 1 N–H and O–H groups in total. The van der Waals surface area contributed by atoms with E-state index in [1.54, 1.807) is 0 Å². The fourth-order valence-corrected chi connectivity index (χ4v) is 6.68. The van der Waals surface area contributed by atoms with E-state index >= 15 is 0 Å². The van der Waals surface area contributed by atoms with Gasteiger partial charge in [-0.15, -0.1) is 0 Å². The minimum absolute atomic E-state index is 0.00847. The molecule has 3 atom stereocenters. The van der Waals surface area contributed by atoms with Gasteiger partial charge in [0.25, 0.3) is 5.91 Å². The molecule has 0 aromatic heterocycles. The molecule has 1 fully saturated rings. The van der Waals surface area contributed by atoms with Crippen LogP contribution < -0.4 is 5.32 Å². The Bertz CT molecular complexity index is 854. The molecule has 1 amide bonds. The van der Waals surface area contributed by atoms with Crippen LogP contribution in [-0.4, -0.2) is 25.5 Å².